The summed E-state index contributed by atoms with van der Waals surface area (Å²) in [5.41, 5.74) is 6.44. The molecule has 0 amide bonds. The summed E-state index contributed by atoms with van der Waals surface area (Å²) in [6.07, 6.45) is 4.75. The van der Waals surface area contributed by atoms with Gasteiger partial charge in [0.1, 0.15) is 5.67 Å². The van der Waals surface area contributed by atoms with E-state index in [0.717, 1.165) is 16.6 Å². The predicted octanol–water partition coefficient (Wildman–Crippen LogP) is 2.37. The van der Waals surface area contributed by atoms with E-state index in [9.17, 15) is 4.39 Å². The molecule has 0 bridgehead atoms. The maximum Gasteiger partial charge on any atom is 0.130 e. The van der Waals surface area contributed by atoms with E-state index < -0.39 is 5.67 Å². The monoisotopic (exact) mass is 270 g/mol. The highest BCUT2D eigenvalue weighted by atomic mass is 35.5. The molecule has 1 aliphatic rings. The molecule has 1 fully saturated rings. The van der Waals surface area contributed by atoms with E-state index in [4.69, 9.17) is 5.73 Å². The first-order valence-corrected chi connectivity index (χ1v) is 5.83. The maximum absolute atomic E-state index is 13.7. The molecule has 1 saturated carbocycles. The number of hydrogen-bond donors (Lipinski definition) is 1. The highest BCUT2D eigenvalue weighted by molar-refractivity contribution is 5.85. The molecular formula is C12H16ClFN4. The summed E-state index contributed by atoms with van der Waals surface area (Å²) in [5, 5.41) is 5.19. The molecule has 0 unspecified atom stereocenters. The SMILES string of the molecule is C[C@@H](N)c1cc2cnn(CC3(F)CC3)c2cn1.Cl. The lowest BCUT2D eigenvalue weighted by Crippen LogP contribution is -2.13. The van der Waals surface area contributed by atoms with Gasteiger partial charge >= 0.3 is 0 Å². The molecule has 2 aromatic heterocycles. The predicted molar refractivity (Wildman–Crippen MR) is 70.5 cm³/mol. The lowest BCUT2D eigenvalue weighted by atomic mass is 10.2. The molecule has 1 atom stereocenters. The third-order valence-electron chi connectivity index (χ3n) is 3.24. The summed E-state index contributed by atoms with van der Waals surface area (Å²) in [5.74, 6) is 0. The fourth-order valence-corrected chi connectivity index (χ4v) is 1.93. The maximum atomic E-state index is 13.7. The van der Waals surface area contributed by atoms with Crippen molar-refractivity contribution in [3.8, 4) is 0 Å². The number of fused-ring (bicyclic) bond motifs is 1. The summed E-state index contributed by atoms with van der Waals surface area (Å²) < 4.78 is 15.4. The Morgan fingerprint density at radius 1 is 1.50 bits per heavy atom. The van der Waals surface area contributed by atoms with Crippen LogP contribution in [-0.4, -0.2) is 20.4 Å². The molecule has 1 aliphatic carbocycles. The Morgan fingerprint density at radius 2 is 2.22 bits per heavy atom. The van der Waals surface area contributed by atoms with Crippen molar-refractivity contribution in [2.45, 2.75) is 38.0 Å². The van der Waals surface area contributed by atoms with Crippen LogP contribution in [0.1, 0.15) is 31.5 Å². The second-order valence-corrected chi connectivity index (χ2v) is 4.91. The van der Waals surface area contributed by atoms with Crippen LogP contribution in [-0.2, 0) is 6.54 Å². The average Bonchev–Trinajstić information content (AvgIpc) is 2.88. The quantitative estimate of drug-likeness (QED) is 0.932. The number of pyridine rings is 1. The van der Waals surface area contributed by atoms with E-state index in [1.54, 1.807) is 17.1 Å². The Kier molecular flexibility index (Phi) is 3.29. The molecule has 2 aromatic rings. The van der Waals surface area contributed by atoms with Crippen LogP contribution >= 0.6 is 12.4 Å². The zero-order valence-corrected chi connectivity index (χ0v) is 11.0. The molecule has 0 aliphatic heterocycles. The molecule has 0 spiro atoms. The molecule has 0 radical (unpaired) electrons. The van der Waals surface area contributed by atoms with Crippen LogP contribution in [0.25, 0.3) is 10.9 Å². The Balaban J connectivity index is 0.00000120. The highest BCUT2D eigenvalue weighted by Gasteiger charge is 2.44. The minimum atomic E-state index is -1.04. The Labute approximate surface area is 111 Å². The first-order valence-electron chi connectivity index (χ1n) is 5.83. The standard InChI is InChI=1S/C12H15FN4.ClH/c1-8(14)10-4-9-5-16-17(11(9)6-15-10)7-12(13)2-3-12;/h4-6,8H,2-3,7,14H2,1H3;1H/t8-;/m1./s1. The number of aromatic nitrogens is 3. The lowest BCUT2D eigenvalue weighted by molar-refractivity contribution is 0.264. The number of nitrogens with two attached hydrogens (primary N) is 1. The summed E-state index contributed by atoms with van der Waals surface area (Å²) in [7, 11) is 0. The van der Waals surface area contributed by atoms with Gasteiger partial charge in [-0.3, -0.25) is 9.67 Å². The summed E-state index contributed by atoms with van der Waals surface area (Å²) >= 11 is 0. The molecule has 0 saturated heterocycles. The molecule has 2 N–H and O–H groups in total. The molecule has 18 heavy (non-hydrogen) atoms. The van der Waals surface area contributed by atoms with Gasteiger partial charge in [0.2, 0.25) is 0 Å². The fourth-order valence-electron chi connectivity index (χ4n) is 1.93. The summed E-state index contributed by atoms with van der Waals surface area (Å²) in [6, 6.07) is 1.82. The van der Waals surface area contributed by atoms with Gasteiger partial charge in [-0.1, -0.05) is 0 Å². The Hall–Kier alpha value is -1.20. The van der Waals surface area contributed by atoms with Crippen LogP contribution in [0.3, 0.4) is 0 Å². The fraction of sp³-hybridized carbons (Fsp3) is 0.500. The van der Waals surface area contributed by atoms with E-state index in [1.807, 2.05) is 13.0 Å². The van der Waals surface area contributed by atoms with Gasteiger partial charge in [0.05, 0.1) is 30.1 Å². The second kappa shape index (κ2) is 4.48. The topological polar surface area (TPSA) is 56.7 Å². The number of halogens is 2. The van der Waals surface area contributed by atoms with Crippen LogP contribution in [0.4, 0.5) is 4.39 Å². The van der Waals surface area contributed by atoms with Gasteiger partial charge in [0.25, 0.3) is 0 Å². The van der Waals surface area contributed by atoms with Crippen molar-refractivity contribution in [3.05, 3.63) is 24.2 Å². The second-order valence-electron chi connectivity index (χ2n) is 4.91. The lowest BCUT2D eigenvalue weighted by Gasteiger charge is -2.07. The first-order chi connectivity index (χ1) is 8.07. The number of rotatable bonds is 3. The first kappa shape index (κ1) is 13.2. The zero-order valence-electron chi connectivity index (χ0n) is 10.1. The van der Waals surface area contributed by atoms with Crippen LogP contribution in [0.2, 0.25) is 0 Å². The molecule has 0 aromatic carbocycles. The van der Waals surface area contributed by atoms with Gasteiger partial charge in [-0.2, -0.15) is 5.10 Å². The van der Waals surface area contributed by atoms with E-state index >= 15 is 0 Å². The number of hydrogen-bond acceptors (Lipinski definition) is 3. The highest BCUT2D eigenvalue weighted by Crippen LogP contribution is 2.41. The van der Waals surface area contributed by atoms with Gasteiger partial charge in [-0.25, -0.2) is 4.39 Å². The van der Waals surface area contributed by atoms with Crippen LogP contribution in [0.15, 0.2) is 18.5 Å². The molecule has 3 rings (SSSR count). The van der Waals surface area contributed by atoms with Gasteiger partial charge in [-0.15, -0.1) is 12.4 Å². The zero-order chi connectivity index (χ0) is 12.0. The van der Waals surface area contributed by atoms with E-state index in [0.29, 0.717) is 19.4 Å². The van der Waals surface area contributed by atoms with Crippen molar-refractivity contribution in [3.63, 3.8) is 0 Å². The largest absolute Gasteiger partial charge is 0.323 e. The van der Waals surface area contributed by atoms with Crippen molar-refractivity contribution in [1.82, 2.24) is 14.8 Å². The molecule has 4 nitrogen and oxygen atoms in total. The van der Waals surface area contributed by atoms with E-state index in [2.05, 4.69) is 10.1 Å². The summed E-state index contributed by atoms with van der Waals surface area (Å²) in [4.78, 5) is 4.28. The molecule has 2 heterocycles. The Morgan fingerprint density at radius 3 is 2.83 bits per heavy atom. The Bertz CT molecular complexity index is 562. The van der Waals surface area contributed by atoms with Crippen LogP contribution in [0, 0.1) is 0 Å². The van der Waals surface area contributed by atoms with Gasteiger partial charge in [0.15, 0.2) is 0 Å². The minimum Gasteiger partial charge on any atom is -0.323 e. The van der Waals surface area contributed by atoms with Crippen molar-refractivity contribution >= 4 is 23.3 Å². The van der Waals surface area contributed by atoms with Gasteiger partial charge < -0.3 is 5.73 Å². The van der Waals surface area contributed by atoms with Crippen LogP contribution in [0.5, 0.6) is 0 Å². The van der Waals surface area contributed by atoms with Crippen molar-refractivity contribution in [1.29, 1.82) is 0 Å². The smallest absolute Gasteiger partial charge is 0.130 e. The van der Waals surface area contributed by atoms with Gasteiger partial charge in [-0.05, 0) is 25.8 Å². The molecular weight excluding hydrogens is 255 g/mol. The van der Waals surface area contributed by atoms with Crippen molar-refractivity contribution < 1.29 is 4.39 Å². The average molecular weight is 271 g/mol. The number of alkyl halides is 1. The molecule has 6 heteroatoms. The molecule has 98 valence electrons. The van der Waals surface area contributed by atoms with Crippen LogP contribution < -0.4 is 5.73 Å². The summed E-state index contributed by atoms with van der Waals surface area (Å²) in [6.45, 7) is 2.22. The minimum absolute atomic E-state index is 0. The third kappa shape index (κ3) is 2.33. The van der Waals surface area contributed by atoms with E-state index in [1.165, 1.54) is 0 Å². The van der Waals surface area contributed by atoms with Gasteiger partial charge in [0, 0.05) is 11.4 Å². The third-order valence-corrected chi connectivity index (χ3v) is 3.24. The normalized spacial score (nSPS) is 18.4. The number of nitrogens with zero attached hydrogens (tertiary/aromatic N) is 3. The van der Waals surface area contributed by atoms with E-state index in [-0.39, 0.29) is 18.4 Å². The van der Waals surface area contributed by atoms with Crippen molar-refractivity contribution in [2.75, 3.05) is 0 Å². The van der Waals surface area contributed by atoms with Crippen molar-refractivity contribution in [2.24, 2.45) is 5.73 Å².